The molecular weight excluding hydrogens is 681 g/mol. The maximum absolute atomic E-state index is 13.6. The normalized spacial score (nSPS) is 12.8. The van der Waals surface area contributed by atoms with Gasteiger partial charge in [0.15, 0.2) is 11.5 Å². The van der Waals surface area contributed by atoms with Gasteiger partial charge in [0.05, 0.1) is 0 Å². The van der Waals surface area contributed by atoms with Gasteiger partial charge >= 0.3 is 0 Å². The second-order valence-corrected chi connectivity index (χ2v) is 12.8. The fraction of sp³-hybridized carbons (Fsp3) is 0.0789. The van der Waals surface area contributed by atoms with E-state index in [-0.39, 0.29) is 11.6 Å². The standard InChI is InChI=1S/C38H29Cl2N3O5S/c39-27-12-11-26(31(40)22-27)21-32(43-36(44)25-9-5-2-6-10-25)37(45)41-28-13-16-30(17-14-28)49-35(24-7-3-1-4-8-24)38(46)42-29-15-18-33-34(23-29)48-20-19-47-33/h1-18,21-23,35H,19-20H2,(H,41,45)(H,42,46)(H,43,44)/b32-21-. The van der Waals surface area contributed by atoms with Crippen molar-refractivity contribution in [3.63, 3.8) is 0 Å². The Balaban J connectivity index is 1.18. The Morgan fingerprint density at radius 1 is 0.714 bits per heavy atom. The van der Waals surface area contributed by atoms with Crippen LogP contribution in [0.25, 0.3) is 6.08 Å². The van der Waals surface area contributed by atoms with Crippen LogP contribution in [0.15, 0.2) is 132 Å². The van der Waals surface area contributed by atoms with Crippen LogP contribution in [0.5, 0.6) is 11.5 Å². The van der Waals surface area contributed by atoms with E-state index < -0.39 is 17.1 Å². The number of carbonyl (C=O) groups is 3. The van der Waals surface area contributed by atoms with Crippen molar-refractivity contribution in [2.45, 2.75) is 10.1 Å². The largest absolute Gasteiger partial charge is 0.486 e. The van der Waals surface area contributed by atoms with E-state index in [0.717, 1.165) is 10.5 Å². The topological polar surface area (TPSA) is 106 Å². The number of benzene rings is 5. The molecule has 5 aromatic carbocycles. The molecule has 0 saturated heterocycles. The minimum absolute atomic E-state index is 0.0171. The fourth-order valence-electron chi connectivity index (χ4n) is 4.90. The number of fused-ring (bicyclic) bond motifs is 1. The predicted octanol–water partition coefficient (Wildman–Crippen LogP) is 8.65. The van der Waals surface area contributed by atoms with Crippen LogP contribution in [0.3, 0.4) is 0 Å². The average Bonchev–Trinajstić information content (AvgIpc) is 3.12. The van der Waals surface area contributed by atoms with E-state index in [9.17, 15) is 14.4 Å². The Morgan fingerprint density at radius 2 is 1.39 bits per heavy atom. The SMILES string of the molecule is O=C(Nc1ccc(SC(C(=O)Nc2ccc3c(c2)OCCO3)c2ccccc2)cc1)/C(=C/c1ccc(Cl)cc1Cl)NC(=O)c1ccccc1. The summed E-state index contributed by atoms with van der Waals surface area (Å²) in [5, 5.41) is 8.73. The lowest BCUT2D eigenvalue weighted by Gasteiger charge is -2.20. The van der Waals surface area contributed by atoms with Crippen molar-refractivity contribution in [2.24, 2.45) is 0 Å². The van der Waals surface area contributed by atoms with Crippen molar-refractivity contribution in [3.8, 4) is 11.5 Å². The summed E-state index contributed by atoms with van der Waals surface area (Å²) in [6.07, 6.45) is 1.49. The number of hydrogen-bond donors (Lipinski definition) is 3. The van der Waals surface area contributed by atoms with Crippen LogP contribution >= 0.6 is 35.0 Å². The molecule has 1 aliphatic heterocycles. The van der Waals surface area contributed by atoms with Crippen molar-refractivity contribution >= 4 is 70.1 Å². The zero-order valence-electron chi connectivity index (χ0n) is 25.8. The van der Waals surface area contributed by atoms with Crippen LogP contribution in [0.2, 0.25) is 10.0 Å². The van der Waals surface area contributed by atoms with E-state index in [2.05, 4.69) is 16.0 Å². The molecule has 3 N–H and O–H groups in total. The number of thioether (sulfide) groups is 1. The highest BCUT2D eigenvalue weighted by Crippen LogP contribution is 2.38. The number of rotatable bonds is 10. The fourth-order valence-corrected chi connectivity index (χ4v) is 6.39. The monoisotopic (exact) mass is 709 g/mol. The van der Waals surface area contributed by atoms with E-state index in [1.165, 1.54) is 17.8 Å². The maximum atomic E-state index is 13.6. The summed E-state index contributed by atoms with van der Waals surface area (Å²) in [6, 6.07) is 35.3. The van der Waals surface area contributed by atoms with Crippen LogP contribution in [0.1, 0.15) is 26.7 Å². The molecule has 0 spiro atoms. The smallest absolute Gasteiger partial charge is 0.272 e. The van der Waals surface area contributed by atoms with E-state index in [1.807, 2.05) is 42.5 Å². The Bertz CT molecular complexity index is 2010. The molecule has 1 unspecified atom stereocenters. The molecule has 0 radical (unpaired) electrons. The van der Waals surface area contributed by atoms with Gasteiger partial charge in [-0.25, -0.2) is 0 Å². The first-order valence-corrected chi connectivity index (χ1v) is 16.8. The minimum Gasteiger partial charge on any atom is -0.486 e. The number of halogens is 2. The molecule has 1 aliphatic rings. The lowest BCUT2D eigenvalue weighted by Crippen LogP contribution is -2.30. The molecule has 49 heavy (non-hydrogen) atoms. The zero-order chi connectivity index (χ0) is 34.2. The maximum Gasteiger partial charge on any atom is 0.272 e. The number of nitrogens with one attached hydrogen (secondary N) is 3. The minimum atomic E-state index is -0.582. The zero-order valence-corrected chi connectivity index (χ0v) is 28.1. The van der Waals surface area contributed by atoms with Gasteiger partial charge in [-0.05, 0) is 77.9 Å². The average molecular weight is 711 g/mol. The summed E-state index contributed by atoms with van der Waals surface area (Å²) < 4.78 is 11.3. The summed E-state index contributed by atoms with van der Waals surface area (Å²) in [7, 11) is 0. The summed E-state index contributed by atoms with van der Waals surface area (Å²) >= 11 is 13.8. The molecular formula is C38H29Cl2N3O5S. The van der Waals surface area contributed by atoms with Gasteiger partial charge in [0, 0.05) is 37.9 Å². The van der Waals surface area contributed by atoms with Crippen molar-refractivity contribution in [2.75, 3.05) is 23.8 Å². The van der Waals surface area contributed by atoms with Crippen LogP contribution < -0.4 is 25.4 Å². The van der Waals surface area contributed by atoms with Gasteiger partial charge in [-0.15, -0.1) is 11.8 Å². The second kappa shape index (κ2) is 15.8. The lowest BCUT2D eigenvalue weighted by atomic mass is 10.1. The molecule has 0 aliphatic carbocycles. The molecule has 3 amide bonds. The molecule has 0 fully saturated rings. The quantitative estimate of drug-likeness (QED) is 0.0990. The van der Waals surface area contributed by atoms with Gasteiger partial charge in [0.25, 0.3) is 11.8 Å². The van der Waals surface area contributed by atoms with Crippen LogP contribution in [-0.4, -0.2) is 30.9 Å². The van der Waals surface area contributed by atoms with Crippen molar-refractivity contribution < 1.29 is 23.9 Å². The van der Waals surface area contributed by atoms with E-state index in [1.54, 1.807) is 78.9 Å². The molecule has 6 rings (SSSR count). The Kier molecular flexibility index (Phi) is 10.8. The molecule has 246 valence electrons. The van der Waals surface area contributed by atoms with Crippen LogP contribution in [-0.2, 0) is 9.59 Å². The third-order valence-corrected chi connectivity index (χ3v) is 9.14. The summed E-state index contributed by atoms with van der Waals surface area (Å²) in [5.41, 5.74) is 2.76. The first-order valence-electron chi connectivity index (χ1n) is 15.2. The van der Waals surface area contributed by atoms with E-state index in [0.29, 0.717) is 57.3 Å². The van der Waals surface area contributed by atoms with Gasteiger partial charge in [0.2, 0.25) is 5.91 Å². The van der Waals surface area contributed by atoms with Crippen LogP contribution in [0.4, 0.5) is 11.4 Å². The first-order chi connectivity index (χ1) is 23.8. The van der Waals surface area contributed by atoms with Crippen LogP contribution in [0, 0.1) is 0 Å². The number of hydrogen-bond acceptors (Lipinski definition) is 6. The summed E-state index contributed by atoms with van der Waals surface area (Å²) in [4.78, 5) is 41.0. The Hall–Kier alpha value is -5.22. The Labute approximate surface area is 297 Å². The highest BCUT2D eigenvalue weighted by atomic mass is 35.5. The molecule has 11 heteroatoms. The van der Waals surface area contributed by atoms with Gasteiger partial charge in [0.1, 0.15) is 24.2 Å². The third kappa shape index (κ3) is 8.83. The van der Waals surface area contributed by atoms with Gasteiger partial charge in [-0.3, -0.25) is 14.4 Å². The lowest BCUT2D eigenvalue weighted by molar-refractivity contribution is -0.116. The summed E-state index contributed by atoms with van der Waals surface area (Å²) in [6.45, 7) is 0.925. The van der Waals surface area contributed by atoms with Crippen molar-refractivity contribution in [3.05, 3.63) is 154 Å². The second-order valence-electron chi connectivity index (χ2n) is 10.8. The van der Waals surface area contributed by atoms with Gasteiger partial charge in [-0.2, -0.15) is 0 Å². The highest BCUT2D eigenvalue weighted by molar-refractivity contribution is 8.00. The molecule has 8 nitrogen and oxygen atoms in total. The van der Waals surface area contributed by atoms with E-state index in [4.69, 9.17) is 32.7 Å². The molecule has 5 aromatic rings. The van der Waals surface area contributed by atoms with E-state index >= 15 is 0 Å². The summed E-state index contributed by atoms with van der Waals surface area (Å²) in [5.74, 6) is -0.00749. The molecule has 0 saturated carbocycles. The molecule has 1 atom stereocenters. The van der Waals surface area contributed by atoms with Gasteiger partial charge in [-0.1, -0.05) is 77.8 Å². The first kappa shape index (κ1) is 33.7. The highest BCUT2D eigenvalue weighted by Gasteiger charge is 2.23. The molecule has 0 bridgehead atoms. The van der Waals surface area contributed by atoms with Crippen molar-refractivity contribution in [1.29, 1.82) is 0 Å². The number of carbonyl (C=O) groups excluding carboxylic acids is 3. The number of ether oxygens (including phenoxy) is 2. The number of amides is 3. The predicted molar refractivity (Wildman–Crippen MR) is 195 cm³/mol. The van der Waals surface area contributed by atoms with Gasteiger partial charge < -0.3 is 25.4 Å². The van der Waals surface area contributed by atoms with Crippen molar-refractivity contribution in [1.82, 2.24) is 5.32 Å². The Morgan fingerprint density at radius 3 is 2.10 bits per heavy atom. The third-order valence-electron chi connectivity index (χ3n) is 7.31. The number of anilines is 2. The molecule has 0 aromatic heterocycles. The molecule has 1 heterocycles.